The molecule has 2 nitrogen and oxygen atoms in total. The van der Waals surface area contributed by atoms with Crippen LogP contribution in [0.2, 0.25) is 0 Å². The molecule has 0 spiro atoms. The summed E-state index contributed by atoms with van der Waals surface area (Å²) in [5.41, 5.74) is 0.697. The van der Waals surface area contributed by atoms with Gasteiger partial charge in [-0.05, 0) is 6.08 Å². The van der Waals surface area contributed by atoms with Crippen LogP contribution in [0.1, 0.15) is 10.4 Å². The first-order valence-electron chi connectivity index (χ1n) is 4.70. The maximum Gasteiger partial charge on any atom is 0.184 e. The monoisotopic (exact) mass is 199 g/mol. The Morgan fingerprint density at radius 2 is 2.00 bits per heavy atom. The lowest BCUT2D eigenvalue weighted by Crippen LogP contribution is -2.02. The number of nitrogens with zero attached hydrogens (tertiary/aromatic N) is 1. The van der Waals surface area contributed by atoms with Crippen molar-refractivity contribution in [2.45, 2.75) is 0 Å². The molecule has 0 aliphatic heterocycles. The number of hydrogen-bond acceptors (Lipinski definition) is 2. The Bertz CT molecular complexity index is 377. The minimum Gasteiger partial charge on any atom is -0.292 e. The predicted molar refractivity (Wildman–Crippen MR) is 63.5 cm³/mol. The van der Waals surface area contributed by atoms with Crippen molar-refractivity contribution in [3.05, 3.63) is 60.7 Å². The third-order valence-electron chi connectivity index (χ3n) is 1.77. The Kier molecular flexibility index (Phi) is 4.81. The molecule has 1 aromatic rings. The van der Waals surface area contributed by atoms with Gasteiger partial charge in [0.15, 0.2) is 5.78 Å². The Morgan fingerprint density at radius 3 is 2.67 bits per heavy atom. The molecule has 0 radical (unpaired) electrons. The van der Waals surface area contributed by atoms with Gasteiger partial charge in [-0.3, -0.25) is 9.79 Å². The lowest BCUT2D eigenvalue weighted by atomic mass is 10.1. The topological polar surface area (TPSA) is 29.4 Å². The molecule has 0 fully saturated rings. The number of benzene rings is 1. The lowest BCUT2D eigenvalue weighted by molar-refractivity contribution is 0.100. The minimum absolute atomic E-state index is 0.0267. The molecule has 0 saturated carbocycles. The van der Waals surface area contributed by atoms with E-state index in [1.54, 1.807) is 36.6 Å². The van der Waals surface area contributed by atoms with E-state index in [2.05, 4.69) is 11.6 Å². The molecule has 0 unspecified atom stereocenters. The fraction of sp³-hybridized carbons (Fsp3) is 0.0769. The van der Waals surface area contributed by atoms with Crippen LogP contribution in [-0.4, -0.2) is 18.5 Å². The zero-order valence-corrected chi connectivity index (χ0v) is 8.47. The van der Waals surface area contributed by atoms with Crippen LogP contribution in [0.15, 0.2) is 60.1 Å². The third-order valence-corrected chi connectivity index (χ3v) is 1.77. The fourth-order valence-corrected chi connectivity index (χ4v) is 1.04. The highest BCUT2D eigenvalue weighted by molar-refractivity contribution is 5.98. The van der Waals surface area contributed by atoms with E-state index >= 15 is 0 Å². The van der Waals surface area contributed by atoms with Crippen molar-refractivity contribution >= 4 is 12.0 Å². The van der Waals surface area contributed by atoms with Crippen LogP contribution >= 0.6 is 0 Å². The molecule has 0 aromatic heterocycles. The number of allylic oxidation sites excluding steroid dienone is 3. The van der Waals surface area contributed by atoms with Crippen molar-refractivity contribution in [3.8, 4) is 0 Å². The Morgan fingerprint density at radius 1 is 1.27 bits per heavy atom. The predicted octanol–water partition coefficient (Wildman–Crippen LogP) is 2.68. The van der Waals surface area contributed by atoms with Gasteiger partial charge in [-0.1, -0.05) is 49.1 Å². The van der Waals surface area contributed by atoms with Crippen LogP contribution in [0.3, 0.4) is 0 Å². The summed E-state index contributed by atoms with van der Waals surface area (Å²) in [6.45, 7) is 3.71. The van der Waals surface area contributed by atoms with Gasteiger partial charge in [0.2, 0.25) is 0 Å². The van der Waals surface area contributed by atoms with Crippen molar-refractivity contribution in [1.29, 1.82) is 0 Å². The molecule has 1 aromatic carbocycles. The van der Waals surface area contributed by atoms with Gasteiger partial charge >= 0.3 is 0 Å². The van der Waals surface area contributed by atoms with Crippen LogP contribution in [-0.2, 0) is 0 Å². The quantitative estimate of drug-likeness (QED) is 0.407. The Hall–Kier alpha value is -1.96. The molecular formula is C13H13NO. The maximum absolute atomic E-state index is 11.5. The van der Waals surface area contributed by atoms with Gasteiger partial charge in [-0.25, -0.2) is 0 Å². The number of hydrogen-bond donors (Lipinski definition) is 0. The number of ketones is 1. The summed E-state index contributed by atoms with van der Waals surface area (Å²) >= 11 is 0. The molecule has 0 aliphatic rings. The van der Waals surface area contributed by atoms with E-state index in [4.69, 9.17) is 0 Å². The molecule has 0 N–H and O–H groups in total. The number of carbonyl (C=O) groups excluding carboxylic acids is 1. The van der Waals surface area contributed by atoms with Crippen LogP contribution in [0.25, 0.3) is 0 Å². The second-order valence-corrected chi connectivity index (χ2v) is 2.90. The normalized spacial score (nSPS) is 10.9. The van der Waals surface area contributed by atoms with E-state index in [1.165, 1.54) is 0 Å². The highest BCUT2D eigenvalue weighted by Gasteiger charge is 2.01. The minimum atomic E-state index is 0.0267. The first-order chi connectivity index (χ1) is 7.34. The maximum atomic E-state index is 11.5. The fourth-order valence-electron chi connectivity index (χ4n) is 1.04. The van der Waals surface area contributed by atoms with Gasteiger partial charge in [-0.2, -0.15) is 0 Å². The molecule has 76 valence electrons. The zero-order chi connectivity index (χ0) is 10.9. The lowest BCUT2D eigenvalue weighted by Gasteiger charge is -1.95. The third kappa shape index (κ3) is 4.18. The average Bonchev–Trinajstić information content (AvgIpc) is 2.30. The molecule has 0 aliphatic carbocycles. The summed E-state index contributed by atoms with van der Waals surface area (Å²) in [5, 5.41) is 0. The first kappa shape index (κ1) is 11.1. The summed E-state index contributed by atoms with van der Waals surface area (Å²) in [6.07, 6.45) is 6.76. The Balaban J connectivity index is 2.47. The zero-order valence-electron chi connectivity index (χ0n) is 8.47. The number of Topliss-reactive ketones (excluding diaryl/α,β-unsaturated/α-hetero) is 1. The van der Waals surface area contributed by atoms with Crippen molar-refractivity contribution in [1.82, 2.24) is 0 Å². The summed E-state index contributed by atoms with van der Waals surface area (Å²) in [5.74, 6) is 0.0267. The molecule has 1 rings (SSSR count). The van der Waals surface area contributed by atoms with Crippen LogP contribution < -0.4 is 0 Å². The van der Waals surface area contributed by atoms with Gasteiger partial charge in [0.1, 0.15) is 6.54 Å². The molecule has 0 saturated heterocycles. The summed E-state index contributed by atoms with van der Waals surface area (Å²) in [7, 11) is 0. The first-order valence-corrected chi connectivity index (χ1v) is 4.70. The van der Waals surface area contributed by atoms with Crippen LogP contribution in [0.4, 0.5) is 0 Å². The van der Waals surface area contributed by atoms with E-state index in [-0.39, 0.29) is 12.3 Å². The van der Waals surface area contributed by atoms with Gasteiger partial charge < -0.3 is 0 Å². The van der Waals surface area contributed by atoms with Crippen LogP contribution in [0.5, 0.6) is 0 Å². The van der Waals surface area contributed by atoms with Crippen LogP contribution in [0, 0.1) is 0 Å². The van der Waals surface area contributed by atoms with Gasteiger partial charge in [0.25, 0.3) is 0 Å². The number of carbonyl (C=O) groups is 1. The van der Waals surface area contributed by atoms with Gasteiger partial charge in [0.05, 0.1) is 0 Å². The summed E-state index contributed by atoms with van der Waals surface area (Å²) < 4.78 is 0. The highest BCUT2D eigenvalue weighted by atomic mass is 16.1. The molecule has 0 atom stereocenters. The molecule has 0 amide bonds. The van der Waals surface area contributed by atoms with E-state index in [9.17, 15) is 4.79 Å². The van der Waals surface area contributed by atoms with Crippen molar-refractivity contribution in [3.63, 3.8) is 0 Å². The summed E-state index contributed by atoms with van der Waals surface area (Å²) in [6, 6.07) is 9.14. The number of aliphatic imine (C=N–C) groups is 1. The molecule has 2 heteroatoms. The van der Waals surface area contributed by atoms with Crippen molar-refractivity contribution < 1.29 is 4.79 Å². The largest absolute Gasteiger partial charge is 0.292 e. The molecular weight excluding hydrogens is 186 g/mol. The average molecular weight is 199 g/mol. The SMILES string of the molecule is C=C/C=C\C=NCC(=O)c1ccccc1. The van der Waals surface area contributed by atoms with Gasteiger partial charge in [-0.15, -0.1) is 0 Å². The van der Waals surface area contributed by atoms with Gasteiger partial charge in [0, 0.05) is 11.8 Å². The second kappa shape index (κ2) is 6.49. The number of rotatable bonds is 5. The smallest absolute Gasteiger partial charge is 0.184 e. The Labute approximate surface area is 89.7 Å². The van der Waals surface area contributed by atoms with E-state index in [0.29, 0.717) is 5.56 Å². The summed E-state index contributed by atoms with van der Waals surface area (Å²) in [4.78, 5) is 15.5. The van der Waals surface area contributed by atoms with E-state index in [1.807, 2.05) is 18.2 Å². The van der Waals surface area contributed by atoms with E-state index < -0.39 is 0 Å². The van der Waals surface area contributed by atoms with Crippen molar-refractivity contribution in [2.24, 2.45) is 4.99 Å². The van der Waals surface area contributed by atoms with E-state index in [0.717, 1.165) is 0 Å². The highest BCUT2D eigenvalue weighted by Crippen LogP contribution is 1.99. The second-order valence-electron chi connectivity index (χ2n) is 2.90. The van der Waals surface area contributed by atoms with Crippen molar-refractivity contribution in [2.75, 3.05) is 6.54 Å². The molecule has 15 heavy (non-hydrogen) atoms. The molecule has 0 bridgehead atoms. The standard InChI is InChI=1S/C13H13NO/c1-2-3-7-10-14-11-13(15)12-8-5-4-6-9-12/h2-10H,1,11H2/b7-3-,14-10?. The molecule has 0 heterocycles.